The minimum atomic E-state index is 0.651. The van der Waals surface area contributed by atoms with Gasteiger partial charge in [0.2, 0.25) is 23.6 Å². The molecule has 0 aliphatic rings. The number of nitrogens with zero attached hydrogens (tertiary/aromatic N) is 4. The summed E-state index contributed by atoms with van der Waals surface area (Å²) in [6.07, 6.45) is 0. The van der Waals surface area contributed by atoms with E-state index in [-0.39, 0.29) is 0 Å². The van der Waals surface area contributed by atoms with Crippen LogP contribution in [0.5, 0.6) is 0 Å². The predicted molar refractivity (Wildman–Crippen MR) is 540 cm³/mol. The smallest absolute Gasteiger partial charge is 0.227 e. The maximum atomic E-state index is 6.38. The molecule has 0 atom stereocenters. The van der Waals surface area contributed by atoms with Crippen molar-refractivity contribution in [3.05, 3.63) is 461 Å². The average Bonchev–Trinajstić information content (AvgIpc) is 1.42. The molecule has 0 spiro atoms. The Labute approximate surface area is 747 Å². The van der Waals surface area contributed by atoms with Crippen LogP contribution < -0.4 is 0 Å². The van der Waals surface area contributed by atoms with Gasteiger partial charge in [-0.1, -0.05) is 358 Å². The Morgan fingerprint density at radius 1 is 0.131 bits per heavy atom. The summed E-state index contributed by atoms with van der Waals surface area (Å²) in [6, 6.07) is 161. The first kappa shape index (κ1) is 76.2. The molecule has 0 aliphatic carbocycles. The molecule has 8 nitrogen and oxygen atoms in total. The molecule has 4 aromatic heterocycles. The SMILES string of the molecule is c1ccc(-c2ccc(-c3ccc4ccc5ccc6nc(-c7ccccc7)oc6c5c4c3)cc2)cc1.c1ccc(-c2ccc3ccc4ccc5nc(-c6ccccc6)oc5c4c3c2)cc1.c1ccc(-c2nc3ccc4ccc5ccc(-c6ccc7ccccc7c6)cc5c4c3o2)cc1.c1ccc(-c2nc3ccc4ccc5ccc(-c6cccc7ccccc67)cc5c4c3o2)cc1. The molecule has 4 heterocycles. The van der Waals surface area contributed by atoms with E-state index < -0.39 is 0 Å². The zero-order valence-corrected chi connectivity index (χ0v) is 70.3. The van der Waals surface area contributed by atoms with E-state index in [4.69, 9.17) is 37.6 Å². The van der Waals surface area contributed by atoms with Crippen molar-refractivity contribution < 1.29 is 17.7 Å². The summed E-state index contributed by atoms with van der Waals surface area (Å²) in [5.41, 5.74) is 22.9. The van der Waals surface area contributed by atoms with Crippen LogP contribution in [0.4, 0.5) is 0 Å². The summed E-state index contributed by atoms with van der Waals surface area (Å²) in [4.78, 5) is 19.1. The van der Waals surface area contributed by atoms with Gasteiger partial charge in [0.05, 0.1) is 0 Å². The summed E-state index contributed by atoms with van der Waals surface area (Å²) in [5.74, 6) is 2.61. The van der Waals surface area contributed by atoms with Crippen molar-refractivity contribution in [3.8, 4) is 101 Å². The molecule has 23 aromatic carbocycles. The molecular formula is C122H76N4O4. The van der Waals surface area contributed by atoms with Crippen molar-refractivity contribution >= 4 is 152 Å². The first-order chi connectivity index (χ1) is 64.4. The number of hydrogen-bond acceptors (Lipinski definition) is 8. The maximum absolute atomic E-state index is 6.38. The molecule has 0 bridgehead atoms. The Bertz CT molecular complexity index is 9010. The van der Waals surface area contributed by atoms with Gasteiger partial charge in [-0.2, -0.15) is 0 Å². The molecule has 130 heavy (non-hydrogen) atoms. The van der Waals surface area contributed by atoms with Crippen LogP contribution in [-0.4, -0.2) is 19.9 Å². The Kier molecular flexibility index (Phi) is 19.1. The molecule has 27 rings (SSSR count). The van der Waals surface area contributed by atoms with Crippen LogP contribution >= 0.6 is 0 Å². The summed E-state index contributed by atoms with van der Waals surface area (Å²) in [5, 5.41) is 23.6. The molecule has 0 saturated heterocycles. The Morgan fingerprint density at radius 2 is 0.354 bits per heavy atom. The van der Waals surface area contributed by atoms with Gasteiger partial charge in [-0.25, -0.2) is 19.9 Å². The van der Waals surface area contributed by atoms with Gasteiger partial charge in [-0.15, -0.1) is 0 Å². The molecule has 8 heteroatoms. The fourth-order valence-electron chi connectivity index (χ4n) is 18.6. The Balaban J connectivity index is 0.0000000962. The van der Waals surface area contributed by atoms with Crippen LogP contribution in [0.2, 0.25) is 0 Å². The monoisotopic (exact) mass is 1660 g/mol. The van der Waals surface area contributed by atoms with Crippen LogP contribution in [-0.2, 0) is 0 Å². The third-order valence-corrected chi connectivity index (χ3v) is 25.1. The highest BCUT2D eigenvalue weighted by Crippen LogP contribution is 2.44. The van der Waals surface area contributed by atoms with Crippen molar-refractivity contribution in [2.75, 3.05) is 0 Å². The molecule has 0 amide bonds. The van der Waals surface area contributed by atoms with Gasteiger partial charge in [0.1, 0.15) is 22.1 Å². The second-order valence-electron chi connectivity index (χ2n) is 33.0. The second-order valence-corrected chi connectivity index (χ2v) is 33.0. The zero-order chi connectivity index (χ0) is 86.0. The number of hydrogen-bond donors (Lipinski definition) is 0. The highest BCUT2D eigenvalue weighted by atomic mass is 16.4. The Morgan fingerprint density at radius 3 is 0.723 bits per heavy atom. The second kappa shape index (κ2) is 32.6. The summed E-state index contributed by atoms with van der Waals surface area (Å²) in [7, 11) is 0. The highest BCUT2D eigenvalue weighted by molar-refractivity contribution is 6.23. The lowest BCUT2D eigenvalue weighted by molar-refractivity contribution is 0.623. The normalized spacial score (nSPS) is 11.5. The number of rotatable bonds is 9. The molecule has 0 fully saturated rings. The number of aromatic nitrogens is 4. The minimum Gasteiger partial charge on any atom is -0.435 e. The van der Waals surface area contributed by atoms with Gasteiger partial charge < -0.3 is 17.7 Å². The quantitative estimate of drug-likeness (QED) is 0.132. The Hall–Kier alpha value is -17.5. The van der Waals surface area contributed by atoms with E-state index in [1.54, 1.807) is 0 Å². The standard InChI is InChI=1S/C33H21NO.2C31H19NO.C27H17NO/c1-3-7-22(8-4-1)23-11-13-24(14-12-23)28-18-16-25-15-17-26-19-20-30-32(31(26)29(25)21-28)35-33(34-30)27-9-5-2-6-10-27;1-2-8-23(9-3-1)31-32-28-18-17-22-15-13-21-14-16-24(19-27(21)29(22)30(28)33-31)26-12-6-10-20-7-4-5-11-25(20)26;1-2-7-23(8-3-1)31-32-28-17-16-22-13-11-21-12-15-26(19-27(21)29(22)30(28)33-31)25-14-10-20-6-4-5-9-24(20)18-25;1-3-7-18(8-4-1)22-14-12-19-11-13-20-15-16-24-26(25(20)23(19)17-22)29-27(28-24)21-9-5-2-6-10-21/h1-21H;2*1-19H;1-17H. The number of fused-ring (bicyclic) bond motifs is 22. The van der Waals surface area contributed by atoms with Crippen LogP contribution in [0.25, 0.3) is 254 Å². The van der Waals surface area contributed by atoms with Gasteiger partial charge >= 0.3 is 0 Å². The summed E-state index contributed by atoms with van der Waals surface area (Å²) < 4.78 is 25.4. The van der Waals surface area contributed by atoms with Crippen molar-refractivity contribution in [2.45, 2.75) is 0 Å². The van der Waals surface area contributed by atoms with Gasteiger partial charge in [0.15, 0.2) is 22.3 Å². The van der Waals surface area contributed by atoms with E-state index in [9.17, 15) is 0 Å². The van der Waals surface area contributed by atoms with E-state index >= 15 is 0 Å². The van der Waals surface area contributed by atoms with Gasteiger partial charge in [-0.05, 0) is 245 Å². The topological polar surface area (TPSA) is 104 Å². The molecule has 0 aliphatic heterocycles. The van der Waals surface area contributed by atoms with E-state index in [1.807, 2.05) is 158 Å². The fourth-order valence-corrected chi connectivity index (χ4v) is 18.6. The van der Waals surface area contributed by atoms with Crippen molar-refractivity contribution in [1.29, 1.82) is 0 Å². The third-order valence-electron chi connectivity index (χ3n) is 25.1. The molecule has 27 aromatic rings. The lowest BCUT2D eigenvalue weighted by atomic mass is 9.94. The summed E-state index contributed by atoms with van der Waals surface area (Å²) >= 11 is 0. The van der Waals surface area contributed by atoms with E-state index in [2.05, 4.69) is 303 Å². The van der Waals surface area contributed by atoms with E-state index in [1.165, 1.54) is 120 Å². The lowest BCUT2D eigenvalue weighted by Crippen LogP contribution is -1.84. The van der Waals surface area contributed by atoms with Gasteiger partial charge in [0, 0.05) is 43.8 Å². The van der Waals surface area contributed by atoms with Crippen LogP contribution in [0.3, 0.4) is 0 Å². The highest BCUT2D eigenvalue weighted by Gasteiger charge is 2.21. The molecule has 608 valence electrons. The van der Waals surface area contributed by atoms with Gasteiger partial charge in [0.25, 0.3) is 0 Å². The zero-order valence-electron chi connectivity index (χ0n) is 70.3. The lowest BCUT2D eigenvalue weighted by Gasteiger charge is -2.10. The van der Waals surface area contributed by atoms with Crippen LogP contribution in [0.1, 0.15) is 0 Å². The average molecular weight is 1660 g/mol. The molecule has 0 saturated carbocycles. The fraction of sp³-hybridized carbons (Fsp3) is 0. The number of oxazole rings is 4. The summed E-state index contributed by atoms with van der Waals surface area (Å²) in [6.45, 7) is 0. The first-order valence-corrected chi connectivity index (χ1v) is 43.8. The minimum absolute atomic E-state index is 0.651. The van der Waals surface area contributed by atoms with E-state index in [0.717, 1.165) is 110 Å². The maximum Gasteiger partial charge on any atom is 0.227 e. The molecule has 0 unspecified atom stereocenters. The van der Waals surface area contributed by atoms with Crippen molar-refractivity contribution in [3.63, 3.8) is 0 Å². The molecule has 0 radical (unpaired) electrons. The predicted octanol–water partition coefficient (Wildman–Crippen LogP) is 33.8. The molecular weight excluding hydrogens is 1590 g/mol. The first-order valence-electron chi connectivity index (χ1n) is 43.8. The van der Waals surface area contributed by atoms with Crippen molar-refractivity contribution in [2.24, 2.45) is 0 Å². The third kappa shape index (κ3) is 14.2. The van der Waals surface area contributed by atoms with Crippen molar-refractivity contribution in [1.82, 2.24) is 19.9 Å². The van der Waals surface area contributed by atoms with Crippen LogP contribution in [0, 0.1) is 0 Å². The van der Waals surface area contributed by atoms with Gasteiger partial charge in [-0.3, -0.25) is 0 Å². The molecule has 0 N–H and O–H groups in total. The van der Waals surface area contributed by atoms with Crippen LogP contribution in [0.15, 0.2) is 479 Å². The largest absolute Gasteiger partial charge is 0.435 e. The van der Waals surface area contributed by atoms with E-state index in [0.29, 0.717) is 23.6 Å². The number of benzene rings is 23.